The molecule has 1 aromatic carbocycles. The Kier molecular flexibility index (Phi) is 6.23. The maximum Gasteiger partial charge on any atom is 0.335 e. The molecule has 0 radical (unpaired) electrons. The zero-order chi connectivity index (χ0) is 16.3. The number of nitrogens with one attached hydrogen (secondary N) is 1. The van der Waals surface area contributed by atoms with Crippen molar-refractivity contribution in [3.63, 3.8) is 0 Å². The highest BCUT2D eigenvalue weighted by atomic mass is 79.9. The molecule has 0 fully saturated rings. The molecule has 1 aromatic rings. The van der Waals surface area contributed by atoms with Crippen molar-refractivity contribution in [2.45, 2.75) is 17.4 Å². The van der Waals surface area contributed by atoms with Gasteiger partial charge >= 0.3 is 5.97 Å². The molecular weight excluding hydrogens is 382 g/mol. The lowest BCUT2D eigenvalue weighted by molar-refractivity contribution is 0.0696. The number of aromatic carboxylic acids is 1. The van der Waals surface area contributed by atoms with Crippen LogP contribution in [0.2, 0.25) is 0 Å². The van der Waals surface area contributed by atoms with Gasteiger partial charge < -0.3 is 10.2 Å². The monoisotopic (exact) mass is 397 g/mol. The SMILES string of the molecule is CSCC(C)(O)CNS(=O)(=O)c1ccc(C(=O)O)cc1Br. The minimum absolute atomic E-state index is 0.0183. The molecule has 0 bridgehead atoms. The molecule has 0 spiro atoms. The summed E-state index contributed by atoms with van der Waals surface area (Å²) in [5.74, 6) is -0.759. The fraction of sp³-hybridized carbons (Fsp3) is 0.417. The lowest BCUT2D eigenvalue weighted by Gasteiger charge is -2.22. The van der Waals surface area contributed by atoms with Gasteiger partial charge in [-0.3, -0.25) is 0 Å². The quantitative estimate of drug-likeness (QED) is 0.644. The smallest absolute Gasteiger partial charge is 0.335 e. The van der Waals surface area contributed by atoms with Crippen molar-refractivity contribution >= 4 is 43.7 Å². The average Bonchev–Trinajstić information content (AvgIpc) is 2.36. The predicted molar refractivity (Wildman–Crippen MR) is 85.3 cm³/mol. The third-order valence-corrected chi connectivity index (χ3v) is 5.86. The summed E-state index contributed by atoms with van der Waals surface area (Å²) in [4.78, 5) is 10.7. The van der Waals surface area contributed by atoms with E-state index in [0.29, 0.717) is 5.75 Å². The highest BCUT2D eigenvalue weighted by Crippen LogP contribution is 2.23. The lowest BCUT2D eigenvalue weighted by atomic mass is 10.1. The normalized spacial score (nSPS) is 14.7. The van der Waals surface area contributed by atoms with Gasteiger partial charge in [0.25, 0.3) is 0 Å². The first-order chi connectivity index (χ1) is 9.59. The van der Waals surface area contributed by atoms with Crippen molar-refractivity contribution in [2.75, 3.05) is 18.6 Å². The van der Waals surface area contributed by atoms with E-state index in [9.17, 15) is 18.3 Å². The maximum absolute atomic E-state index is 12.2. The highest BCUT2D eigenvalue weighted by Gasteiger charge is 2.25. The van der Waals surface area contributed by atoms with E-state index >= 15 is 0 Å². The number of benzene rings is 1. The molecule has 0 saturated heterocycles. The number of carbonyl (C=O) groups is 1. The molecule has 0 aliphatic rings. The van der Waals surface area contributed by atoms with Crippen molar-refractivity contribution in [3.8, 4) is 0 Å². The Labute approximate surface area is 136 Å². The van der Waals surface area contributed by atoms with Crippen LogP contribution in [0.1, 0.15) is 17.3 Å². The first-order valence-electron chi connectivity index (χ1n) is 5.83. The molecule has 0 aliphatic carbocycles. The number of rotatable bonds is 7. The molecule has 0 aliphatic heterocycles. The van der Waals surface area contributed by atoms with Gasteiger partial charge in [-0.1, -0.05) is 0 Å². The molecule has 0 heterocycles. The van der Waals surface area contributed by atoms with Crippen molar-refractivity contribution < 1.29 is 23.4 Å². The van der Waals surface area contributed by atoms with Gasteiger partial charge in [0, 0.05) is 16.8 Å². The molecule has 0 aromatic heterocycles. The van der Waals surface area contributed by atoms with Crippen LogP contribution in [0.4, 0.5) is 0 Å². The van der Waals surface area contributed by atoms with Crippen LogP contribution in [0.3, 0.4) is 0 Å². The van der Waals surface area contributed by atoms with Gasteiger partial charge in [-0.15, -0.1) is 0 Å². The Morgan fingerprint density at radius 3 is 2.57 bits per heavy atom. The Balaban J connectivity index is 2.96. The second kappa shape index (κ2) is 7.10. The number of sulfonamides is 1. The molecule has 0 saturated carbocycles. The van der Waals surface area contributed by atoms with Gasteiger partial charge in [0.1, 0.15) is 0 Å². The number of halogens is 1. The van der Waals surface area contributed by atoms with Crippen molar-refractivity contribution in [1.82, 2.24) is 4.72 Å². The van der Waals surface area contributed by atoms with Gasteiger partial charge in [-0.25, -0.2) is 17.9 Å². The van der Waals surface area contributed by atoms with E-state index in [-0.39, 0.29) is 21.5 Å². The van der Waals surface area contributed by atoms with E-state index in [1.165, 1.54) is 36.9 Å². The third kappa shape index (κ3) is 5.26. The number of aliphatic hydroxyl groups is 1. The summed E-state index contributed by atoms with van der Waals surface area (Å²) < 4.78 is 26.8. The summed E-state index contributed by atoms with van der Waals surface area (Å²) in [6.45, 7) is 1.40. The van der Waals surface area contributed by atoms with Gasteiger partial charge in [0.15, 0.2) is 0 Å². The summed E-state index contributed by atoms with van der Waals surface area (Å²) in [6, 6.07) is 3.64. The van der Waals surface area contributed by atoms with Crippen molar-refractivity contribution in [3.05, 3.63) is 28.2 Å². The van der Waals surface area contributed by atoms with Crippen molar-refractivity contribution in [2.24, 2.45) is 0 Å². The summed E-state index contributed by atoms with van der Waals surface area (Å²) in [5, 5.41) is 18.8. The number of hydrogen-bond acceptors (Lipinski definition) is 5. The van der Waals surface area contributed by atoms with E-state index in [4.69, 9.17) is 5.11 Å². The Morgan fingerprint density at radius 2 is 2.10 bits per heavy atom. The lowest BCUT2D eigenvalue weighted by Crippen LogP contribution is -2.42. The Bertz CT molecular complexity index is 631. The molecule has 6 nitrogen and oxygen atoms in total. The molecule has 0 amide bonds. The van der Waals surface area contributed by atoms with Crippen LogP contribution in [-0.4, -0.2) is 48.8 Å². The van der Waals surface area contributed by atoms with E-state index in [2.05, 4.69) is 20.7 Å². The molecular formula is C12H16BrNO5S2. The van der Waals surface area contributed by atoms with Gasteiger partial charge in [0.2, 0.25) is 10.0 Å². The molecule has 1 unspecified atom stereocenters. The number of hydrogen-bond donors (Lipinski definition) is 3. The van der Waals surface area contributed by atoms with Crippen LogP contribution in [0.15, 0.2) is 27.6 Å². The fourth-order valence-corrected chi connectivity index (χ4v) is 4.50. The number of thioether (sulfide) groups is 1. The maximum atomic E-state index is 12.2. The van der Waals surface area contributed by atoms with Crippen LogP contribution in [0, 0.1) is 0 Å². The molecule has 1 atom stereocenters. The second-order valence-corrected chi connectivity index (χ2v) is 8.16. The summed E-state index contributed by atoms with van der Waals surface area (Å²) >= 11 is 4.46. The van der Waals surface area contributed by atoms with Gasteiger partial charge in [-0.05, 0) is 47.3 Å². The number of carboxylic acids is 1. The first kappa shape index (κ1) is 18.4. The van der Waals surface area contributed by atoms with Crippen molar-refractivity contribution in [1.29, 1.82) is 0 Å². The zero-order valence-corrected chi connectivity index (χ0v) is 14.7. The minimum atomic E-state index is -3.84. The summed E-state index contributed by atoms with van der Waals surface area (Å²) in [6.07, 6.45) is 1.81. The highest BCUT2D eigenvalue weighted by molar-refractivity contribution is 9.10. The van der Waals surface area contributed by atoms with Crippen LogP contribution >= 0.6 is 27.7 Å². The van der Waals surface area contributed by atoms with E-state index in [0.717, 1.165) is 0 Å². The van der Waals surface area contributed by atoms with Gasteiger partial charge in [-0.2, -0.15) is 11.8 Å². The molecule has 118 valence electrons. The average molecular weight is 398 g/mol. The Morgan fingerprint density at radius 1 is 1.48 bits per heavy atom. The van der Waals surface area contributed by atoms with E-state index < -0.39 is 21.6 Å². The summed E-state index contributed by atoms with van der Waals surface area (Å²) in [7, 11) is -3.84. The molecule has 9 heteroatoms. The molecule has 3 N–H and O–H groups in total. The van der Waals surface area contributed by atoms with Crippen LogP contribution < -0.4 is 4.72 Å². The molecule has 21 heavy (non-hydrogen) atoms. The van der Waals surface area contributed by atoms with E-state index in [1.807, 2.05) is 6.26 Å². The Hall–Kier alpha value is -0.610. The third-order valence-electron chi connectivity index (χ3n) is 2.57. The predicted octanol–water partition coefficient (Wildman–Crippen LogP) is 1.54. The standard InChI is InChI=1S/C12H16BrNO5S2/c1-12(17,7-20-2)6-14-21(18,19)10-4-3-8(11(15)16)5-9(10)13/h3-5,14,17H,6-7H2,1-2H3,(H,15,16). The van der Waals surface area contributed by atoms with Crippen LogP contribution in [0.5, 0.6) is 0 Å². The topological polar surface area (TPSA) is 104 Å². The largest absolute Gasteiger partial charge is 0.478 e. The van der Waals surface area contributed by atoms with Crippen LogP contribution in [-0.2, 0) is 10.0 Å². The zero-order valence-electron chi connectivity index (χ0n) is 11.5. The second-order valence-electron chi connectivity index (χ2n) is 4.70. The molecule has 1 rings (SSSR count). The van der Waals surface area contributed by atoms with E-state index in [1.54, 1.807) is 0 Å². The number of carboxylic acid groups (broad SMARTS) is 1. The first-order valence-corrected chi connectivity index (χ1v) is 9.50. The fourth-order valence-electron chi connectivity index (χ4n) is 1.54. The summed E-state index contributed by atoms with van der Waals surface area (Å²) in [5.41, 5.74) is -1.19. The van der Waals surface area contributed by atoms with Crippen LogP contribution in [0.25, 0.3) is 0 Å². The van der Waals surface area contributed by atoms with Gasteiger partial charge in [0.05, 0.1) is 16.1 Å². The minimum Gasteiger partial charge on any atom is -0.478 e.